The number of hydrogen-bond acceptors (Lipinski definition) is 6. The Kier molecular flexibility index (Phi) is 4.78. The van der Waals surface area contributed by atoms with Crippen molar-refractivity contribution in [1.29, 1.82) is 5.41 Å². The molecule has 0 atom stereocenters. The summed E-state index contributed by atoms with van der Waals surface area (Å²) in [4.78, 5) is 0. The van der Waals surface area contributed by atoms with Gasteiger partial charge in [-0.2, -0.15) is 5.21 Å². The summed E-state index contributed by atoms with van der Waals surface area (Å²) in [5, 5.41) is 30.2. The SMILES string of the molecule is N=C(N)N(N=NN=C(N)N)c1nn[nH]n1.O. The van der Waals surface area contributed by atoms with E-state index < -0.39 is 5.96 Å². The monoisotopic (exact) mass is 230 g/mol. The number of tetrazole rings is 1. The van der Waals surface area contributed by atoms with Gasteiger partial charge >= 0.3 is 0 Å². The summed E-state index contributed by atoms with van der Waals surface area (Å²) in [6.45, 7) is 0. The molecule has 1 aromatic heterocycles. The first-order valence-corrected chi connectivity index (χ1v) is 3.48. The Hall–Kier alpha value is -2.83. The third-order valence-electron chi connectivity index (χ3n) is 1.04. The second-order valence-corrected chi connectivity index (χ2v) is 2.11. The first-order chi connectivity index (χ1) is 7.11. The average molecular weight is 230 g/mol. The van der Waals surface area contributed by atoms with E-state index in [1.165, 1.54) is 0 Å². The predicted molar refractivity (Wildman–Crippen MR) is 52.9 cm³/mol. The van der Waals surface area contributed by atoms with Crippen LogP contribution in [0.5, 0.6) is 0 Å². The number of hydrogen-bond donors (Lipinski definition) is 5. The number of aromatic nitrogens is 4. The second-order valence-electron chi connectivity index (χ2n) is 2.11. The summed E-state index contributed by atoms with van der Waals surface area (Å²) in [5.74, 6) is -0.807. The van der Waals surface area contributed by atoms with E-state index >= 15 is 0 Å². The molecule has 0 aliphatic rings. The smallest absolute Gasteiger partial charge is 0.294 e. The molecular weight excluding hydrogens is 220 g/mol. The summed E-state index contributed by atoms with van der Waals surface area (Å²) < 4.78 is 0. The van der Waals surface area contributed by atoms with E-state index in [0.717, 1.165) is 5.01 Å². The fourth-order valence-corrected chi connectivity index (χ4v) is 0.554. The van der Waals surface area contributed by atoms with Gasteiger partial charge in [-0.15, -0.1) is 10.1 Å². The summed E-state index contributed by atoms with van der Waals surface area (Å²) in [6, 6.07) is 0. The van der Waals surface area contributed by atoms with Crippen LogP contribution in [0.3, 0.4) is 0 Å². The van der Waals surface area contributed by atoms with E-state index in [1.54, 1.807) is 0 Å². The molecule has 1 rings (SSSR count). The Labute approximate surface area is 88.2 Å². The second kappa shape index (κ2) is 5.81. The van der Waals surface area contributed by atoms with Crippen molar-refractivity contribution in [1.82, 2.24) is 20.6 Å². The number of guanidine groups is 2. The fourth-order valence-electron chi connectivity index (χ4n) is 0.554. The van der Waals surface area contributed by atoms with Crippen molar-refractivity contribution < 1.29 is 5.48 Å². The van der Waals surface area contributed by atoms with Gasteiger partial charge in [0.05, 0.1) is 0 Å². The standard InChI is InChI=1S/C3H8N12.H2O/c4-1(5)8-13-14-15(2(6)7)3-9-11-12-10-3;/h(H3,6,7)(H4,4,5,8,14)(H,9,10,11,12);1H2. The molecule has 0 radical (unpaired) electrons. The van der Waals surface area contributed by atoms with E-state index in [9.17, 15) is 0 Å². The zero-order valence-corrected chi connectivity index (χ0v) is 7.86. The fraction of sp³-hybridized carbons (Fsp3) is 0. The number of aromatic amines is 1. The molecule has 0 fully saturated rings. The van der Waals surface area contributed by atoms with Crippen LogP contribution in [0.25, 0.3) is 0 Å². The van der Waals surface area contributed by atoms with Gasteiger partial charge in [-0.1, -0.05) is 10.2 Å². The highest BCUT2D eigenvalue weighted by Gasteiger charge is 2.13. The van der Waals surface area contributed by atoms with Crippen molar-refractivity contribution in [3.05, 3.63) is 0 Å². The minimum atomic E-state index is -0.467. The van der Waals surface area contributed by atoms with Gasteiger partial charge in [0.25, 0.3) is 5.95 Å². The number of H-pyrrole nitrogens is 1. The molecule has 0 aliphatic carbocycles. The van der Waals surface area contributed by atoms with Gasteiger partial charge in [0.1, 0.15) is 0 Å². The van der Waals surface area contributed by atoms with Crippen LogP contribution < -0.4 is 22.2 Å². The Balaban J connectivity index is 0.00000225. The molecule has 13 heteroatoms. The van der Waals surface area contributed by atoms with Gasteiger partial charge in [0.2, 0.25) is 11.9 Å². The van der Waals surface area contributed by atoms with Crippen LogP contribution in [-0.2, 0) is 0 Å². The van der Waals surface area contributed by atoms with Crippen LogP contribution in [0.2, 0.25) is 0 Å². The predicted octanol–water partition coefficient (Wildman–Crippen LogP) is -3.37. The topological polar surface area (TPSA) is 228 Å². The molecule has 0 unspecified atom stereocenters. The van der Waals surface area contributed by atoms with Gasteiger partial charge < -0.3 is 22.7 Å². The van der Waals surface area contributed by atoms with E-state index in [-0.39, 0.29) is 17.4 Å². The lowest BCUT2D eigenvalue weighted by Crippen LogP contribution is -2.32. The minimum Gasteiger partial charge on any atom is -0.412 e. The molecule has 10 N–H and O–H groups in total. The first-order valence-electron chi connectivity index (χ1n) is 3.48. The van der Waals surface area contributed by atoms with Crippen LogP contribution >= 0.6 is 0 Å². The average Bonchev–Trinajstić information content (AvgIpc) is 2.63. The van der Waals surface area contributed by atoms with Gasteiger partial charge in [0, 0.05) is 0 Å². The lowest BCUT2D eigenvalue weighted by atomic mass is 10.8. The van der Waals surface area contributed by atoms with Crippen LogP contribution in [0, 0.1) is 5.41 Å². The summed E-state index contributed by atoms with van der Waals surface area (Å²) in [5.41, 5.74) is 15.2. The number of nitrogens with zero attached hydrogens (tertiary/aromatic N) is 7. The largest absolute Gasteiger partial charge is 0.412 e. The third kappa shape index (κ3) is 3.50. The number of nitrogens with two attached hydrogens (primary N) is 3. The molecule has 0 aliphatic heterocycles. The Morgan fingerprint density at radius 3 is 2.50 bits per heavy atom. The lowest BCUT2D eigenvalue weighted by molar-refractivity contribution is 0.824. The Morgan fingerprint density at radius 2 is 2.06 bits per heavy atom. The van der Waals surface area contributed by atoms with Crippen molar-refractivity contribution in [2.45, 2.75) is 0 Å². The maximum Gasteiger partial charge on any atom is 0.294 e. The van der Waals surface area contributed by atoms with Gasteiger partial charge in [-0.05, 0) is 15.7 Å². The van der Waals surface area contributed by atoms with Crippen molar-refractivity contribution in [2.75, 3.05) is 5.01 Å². The molecule has 13 nitrogen and oxygen atoms in total. The zero-order valence-electron chi connectivity index (χ0n) is 7.86. The Bertz CT molecular complexity index is 373. The van der Waals surface area contributed by atoms with Crippen molar-refractivity contribution in [2.24, 2.45) is 32.7 Å². The molecular formula is C3H10N12O. The summed E-state index contributed by atoms with van der Waals surface area (Å²) in [6.07, 6.45) is 0. The van der Waals surface area contributed by atoms with Gasteiger partial charge in [-0.3, -0.25) is 5.41 Å². The molecule has 1 heterocycles. The van der Waals surface area contributed by atoms with Crippen LogP contribution in [0.15, 0.2) is 15.5 Å². The van der Waals surface area contributed by atoms with Crippen LogP contribution in [-0.4, -0.2) is 38.0 Å². The normalized spacial score (nSPS) is 9.50. The maximum atomic E-state index is 7.13. The van der Waals surface area contributed by atoms with Crippen LogP contribution in [0.4, 0.5) is 5.95 Å². The molecule has 16 heavy (non-hydrogen) atoms. The number of rotatable bonds is 3. The Morgan fingerprint density at radius 1 is 1.38 bits per heavy atom. The highest BCUT2D eigenvalue weighted by Crippen LogP contribution is 2.02. The highest BCUT2D eigenvalue weighted by molar-refractivity contribution is 5.89. The molecule has 0 saturated carbocycles. The van der Waals surface area contributed by atoms with E-state index in [1.807, 2.05) is 0 Å². The van der Waals surface area contributed by atoms with Crippen molar-refractivity contribution in [3.8, 4) is 0 Å². The molecule has 0 saturated heterocycles. The molecule has 0 bridgehead atoms. The summed E-state index contributed by atoms with van der Waals surface area (Å²) in [7, 11) is 0. The quantitative estimate of drug-likeness (QED) is 0.153. The molecule has 0 aromatic carbocycles. The number of anilines is 1. The van der Waals surface area contributed by atoms with E-state index in [0.29, 0.717) is 0 Å². The van der Waals surface area contributed by atoms with E-state index in [2.05, 4.69) is 36.2 Å². The molecule has 0 amide bonds. The van der Waals surface area contributed by atoms with Gasteiger partial charge in [0.15, 0.2) is 0 Å². The lowest BCUT2D eigenvalue weighted by Gasteiger charge is -2.07. The van der Waals surface area contributed by atoms with Crippen molar-refractivity contribution in [3.63, 3.8) is 0 Å². The summed E-state index contributed by atoms with van der Waals surface area (Å²) >= 11 is 0. The molecule has 88 valence electrons. The molecule has 0 spiro atoms. The zero-order chi connectivity index (χ0) is 11.3. The maximum absolute atomic E-state index is 7.13. The minimum absolute atomic E-state index is 0. The first kappa shape index (κ1) is 13.2. The highest BCUT2D eigenvalue weighted by atomic mass is 16.0. The number of nitrogens with one attached hydrogen (secondary N) is 2. The third-order valence-corrected chi connectivity index (χ3v) is 1.04. The van der Waals surface area contributed by atoms with Crippen LogP contribution in [0.1, 0.15) is 0 Å². The van der Waals surface area contributed by atoms with Gasteiger partial charge in [-0.25, -0.2) is 0 Å². The molecule has 1 aromatic rings. The van der Waals surface area contributed by atoms with E-state index in [4.69, 9.17) is 22.6 Å². The van der Waals surface area contributed by atoms with Crippen molar-refractivity contribution >= 4 is 17.9 Å².